The number of nitrogens with two attached hydrogens (primary N) is 1. The van der Waals surface area contributed by atoms with Gasteiger partial charge in [-0.1, -0.05) is 6.07 Å². The number of fused-ring (bicyclic) bond motifs is 1. The molecule has 148 valence electrons. The van der Waals surface area contributed by atoms with E-state index in [-0.39, 0.29) is 5.92 Å². The number of aryl methyl sites for hydroxylation is 3. The van der Waals surface area contributed by atoms with Crippen molar-refractivity contribution >= 4 is 27.2 Å². The minimum Gasteiger partial charge on any atom is -0.335 e. The molecule has 0 bridgehead atoms. The Morgan fingerprint density at radius 2 is 1.89 bits per heavy atom. The van der Waals surface area contributed by atoms with Crippen molar-refractivity contribution in [3.8, 4) is 0 Å². The molecule has 0 saturated carbocycles. The Hall–Kier alpha value is -1.90. The molecular formula is C19H27N3O4S. The Bertz CT molecular complexity index is 986. The van der Waals surface area contributed by atoms with Gasteiger partial charge in [0.05, 0.1) is 0 Å². The van der Waals surface area contributed by atoms with Gasteiger partial charge in [-0.3, -0.25) is 0 Å². The molecule has 0 spiro atoms. The highest BCUT2D eigenvalue weighted by Gasteiger charge is 2.32. The maximum atomic E-state index is 12.8. The zero-order chi connectivity index (χ0) is 19.9. The summed E-state index contributed by atoms with van der Waals surface area (Å²) in [5, 5.41) is 6.01. The Morgan fingerprint density at radius 3 is 2.44 bits per heavy atom. The molecule has 8 heteroatoms. The van der Waals surface area contributed by atoms with Crippen LogP contribution in [-0.2, 0) is 21.0 Å². The molecule has 0 amide bonds. The van der Waals surface area contributed by atoms with E-state index >= 15 is 0 Å². The second kappa shape index (κ2) is 7.26. The average molecular weight is 394 g/mol. The number of hydrogen-bond acceptors (Lipinski definition) is 5. The summed E-state index contributed by atoms with van der Waals surface area (Å²) in [5.74, 6) is -0.735. The number of carbonyl (C=O) groups excluding carboxylic acids is 1. The maximum Gasteiger partial charge on any atom is 0.382 e. The molecule has 0 aliphatic carbocycles. The fourth-order valence-electron chi connectivity index (χ4n) is 4.14. The van der Waals surface area contributed by atoms with Crippen LogP contribution in [0.4, 0.5) is 0 Å². The first kappa shape index (κ1) is 19.9. The standard InChI is InChI=1S/C19H27N3O4S/c1-5-22-15-7-6-12(2)13(3)16(15)17(14-8-10-21(4)11-9-14)18(22)19(23)26-27(20,24)25/h6-7,14H,5,8-11H2,1-4H3,(H2,20,24,25). The van der Waals surface area contributed by atoms with Crippen LogP contribution in [0.1, 0.15) is 52.9 Å². The second-order valence-electron chi connectivity index (χ2n) is 7.35. The third-order valence-electron chi connectivity index (χ3n) is 5.63. The normalized spacial score (nSPS) is 16.8. The summed E-state index contributed by atoms with van der Waals surface area (Å²) in [6, 6.07) is 4.02. The van der Waals surface area contributed by atoms with Crippen LogP contribution in [0.15, 0.2) is 12.1 Å². The van der Waals surface area contributed by atoms with Crippen LogP contribution in [0.25, 0.3) is 10.9 Å². The van der Waals surface area contributed by atoms with Crippen molar-refractivity contribution in [1.29, 1.82) is 0 Å². The molecule has 7 nitrogen and oxygen atoms in total. The molecule has 1 aliphatic heterocycles. The average Bonchev–Trinajstić information content (AvgIpc) is 2.92. The molecule has 1 aliphatic rings. The van der Waals surface area contributed by atoms with Crippen molar-refractivity contribution in [2.24, 2.45) is 5.14 Å². The highest BCUT2D eigenvalue weighted by atomic mass is 32.2. The lowest BCUT2D eigenvalue weighted by molar-refractivity contribution is 0.0734. The minimum absolute atomic E-state index is 0.167. The number of rotatable bonds is 4. The third kappa shape index (κ3) is 3.74. The third-order valence-corrected chi connectivity index (χ3v) is 6.01. The summed E-state index contributed by atoms with van der Waals surface area (Å²) < 4.78 is 29.2. The molecule has 27 heavy (non-hydrogen) atoms. The van der Waals surface area contributed by atoms with E-state index in [1.54, 1.807) is 0 Å². The van der Waals surface area contributed by atoms with Crippen LogP contribution < -0.4 is 5.14 Å². The SMILES string of the molecule is CCn1c(C(=O)OS(N)(=O)=O)c(C2CCN(C)CC2)c2c(C)c(C)ccc21. The first-order chi connectivity index (χ1) is 12.6. The molecule has 1 aromatic heterocycles. The molecule has 1 saturated heterocycles. The largest absolute Gasteiger partial charge is 0.382 e. The number of piperidine rings is 1. The second-order valence-corrected chi connectivity index (χ2v) is 8.50. The van der Waals surface area contributed by atoms with Crippen LogP contribution in [-0.4, -0.2) is 44.0 Å². The zero-order valence-corrected chi connectivity index (χ0v) is 17.1. The summed E-state index contributed by atoms with van der Waals surface area (Å²) in [6.07, 6.45) is 1.81. The van der Waals surface area contributed by atoms with Crippen molar-refractivity contribution in [2.75, 3.05) is 20.1 Å². The van der Waals surface area contributed by atoms with Crippen LogP contribution in [0.5, 0.6) is 0 Å². The number of benzene rings is 1. The highest BCUT2D eigenvalue weighted by Crippen LogP contribution is 2.40. The van der Waals surface area contributed by atoms with Crippen LogP contribution in [0.3, 0.4) is 0 Å². The number of aromatic nitrogens is 1. The van der Waals surface area contributed by atoms with Crippen LogP contribution in [0.2, 0.25) is 0 Å². The molecule has 3 rings (SSSR count). The van der Waals surface area contributed by atoms with Crippen molar-refractivity contribution in [1.82, 2.24) is 9.47 Å². The van der Waals surface area contributed by atoms with E-state index in [1.807, 2.05) is 37.5 Å². The lowest BCUT2D eigenvalue weighted by atomic mass is 9.86. The highest BCUT2D eigenvalue weighted by molar-refractivity contribution is 7.84. The van der Waals surface area contributed by atoms with Gasteiger partial charge in [-0.05, 0) is 82.4 Å². The fourth-order valence-corrected chi connectivity index (χ4v) is 4.43. The quantitative estimate of drug-likeness (QED) is 0.861. The molecule has 2 heterocycles. The Labute approximate surface area is 160 Å². The number of carbonyl (C=O) groups is 1. The Kier molecular flexibility index (Phi) is 5.33. The molecule has 0 radical (unpaired) electrons. The van der Waals surface area contributed by atoms with Crippen molar-refractivity contribution < 1.29 is 17.4 Å². The van der Waals surface area contributed by atoms with E-state index in [2.05, 4.69) is 16.1 Å². The van der Waals surface area contributed by atoms with Gasteiger partial charge in [0.1, 0.15) is 5.69 Å². The smallest absolute Gasteiger partial charge is 0.335 e. The lowest BCUT2D eigenvalue weighted by Gasteiger charge is -2.29. The predicted octanol–water partition coefficient (Wildman–Crippen LogP) is 2.45. The van der Waals surface area contributed by atoms with E-state index in [0.29, 0.717) is 12.2 Å². The molecule has 0 unspecified atom stereocenters. The predicted molar refractivity (Wildman–Crippen MR) is 105 cm³/mol. The molecule has 2 N–H and O–H groups in total. The molecule has 1 fully saturated rings. The van der Waals surface area contributed by atoms with E-state index in [9.17, 15) is 13.2 Å². The molecule has 0 atom stereocenters. The number of nitrogens with zero attached hydrogens (tertiary/aromatic N) is 2. The maximum absolute atomic E-state index is 12.8. The van der Waals surface area contributed by atoms with Gasteiger partial charge in [0.25, 0.3) is 0 Å². The van der Waals surface area contributed by atoms with Gasteiger partial charge in [-0.25, -0.2) is 4.79 Å². The van der Waals surface area contributed by atoms with E-state index in [1.165, 1.54) is 0 Å². The van der Waals surface area contributed by atoms with Gasteiger partial charge >= 0.3 is 16.3 Å². The van der Waals surface area contributed by atoms with Crippen molar-refractivity contribution in [3.63, 3.8) is 0 Å². The van der Waals surface area contributed by atoms with Gasteiger partial charge in [-0.15, -0.1) is 0 Å². The fraction of sp³-hybridized carbons (Fsp3) is 0.526. The van der Waals surface area contributed by atoms with Crippen molar-refractivity contribution in [2.45, 2.75) is 46.1 Å². The number of likely N-dealkylation sites (tertiary alicyclic amines) is 1. The van der Waals surface area contributed by atoms with E-state index in [0.717, 1.165) is 53.5 Å². The summed E-state index contributed by atoms with van der Waals surface area (Å²) in [7, 11) is -2.30. The summed E-state index contributed by atoms with van der Waals surface area (Å²) in [4.78, 5) is 15.1. The molecular weight excluding hydrogens is 366 g/mol. The Morgan fingerprint density at radius 1 is 1.26 bits per heavy atom. The molecule has 1 aromatic carbocycles. The summed E-state index contributed by atoms with van der Waals surface area (Å²) in [5.41, 5.74) is 4.38. The summed E-state index contributed by atoms with van der Waals surface area (Å²) in [6.45, 7) is 8.40. The van der Waals surface area contributed by atoms with E-state index < -0.39 is 16.3 Å². The van der Waals surface area contributed by atoms with E-state index in [4.69, 9.17) is 5.14 Å². The first-order valence-corrected chi connectivity index (χ1v) is 10.7. The van der Waals surface area contributed by atoms with Gasteiger partial charge in [0, 0.05) is 17.4 Å². The van der Waals surface area contributed by atoms with Gasteiger partial charge in [0.15, 0.2) is 0 Å². The van der Waals surface area contributed by atoms with Gasteiger partial charge in [0.2, 0.25) is 0 Å². The topological polar surface area (TPSA) is 94.6 Å². The molecule has 2 aromatic rings. The zero-order valence-electron chi connectivity index (χ0n) is 16.3. The lowest BCUT2D eigenvalue weighted by Crippen LogP contribution is -2.30. The first-order valence-electron chi connectivity index (χ1n) is 9.21. The Balaban J connectivity index is 2.29. The van der Waals surface area contributed by atoms with Crippen LogP contribution in [0, 0.1) is 13.8 Å². The van der Waals surface area contributed by atoms with Crippen molar-refractivity contribution in [3.05, 3.63) is 34.5 Å². The van der Waals surface area contributed by atoms with Gasteiger partial charge < -0.3 is 13.7 Å². The van der Waals surface area contributed by atoms with Gasteiger partial charge in [-0.2, -0.15) is 13.6 Å². The summed E-state index contributed by atoms with van der Waals surface area (Å²) >= 11 is 0. The monoisotopic (exact) mass is 393 g/mol. The number of hydrogen-bond donors (Lipinski definition) is 1. The van der Waals surface area contributed by atoms with Crippen LogP contribution >= 0.6 is 0 Å². The minimum atomic E-state index is -4.38.